The number of rotatable bonds is 5. The Kier molecular flexibility index (Phi) is 5.02. The summed E-state index contributed by atoms with van der Waals surface area (Å²) in [5.41, 5.74) is 5.86. The quantitative estimate of drug-likeness (QED) is 0.867. The number of benzene rings is 1. The first kappa shape index (κ1) is 13.4. The molecule has 0 aliphatic carbocycles. The molecule has 1 heterocycles. The topological polar surface area (TPSA) is 38.5 Å². The van der Waals surface area contributed by atoms with E-state index in [0.29, 0.717) is 6.04 Å². The Morgan fingerprint density at radius 3 is 2.83 bits per heavy atom. The highest BCUT2D eigenvalue weighted by molar-refractivity contribution is 5.20. The van der Waals surface area contributed by atoms with Crippen molar-refractivity contribution in [2.24, 2.45) is 11.7 Å². The summed E-state index contributed by atoms with van der Waals surface area (Å²) >= 11 is 0. The first-order valence-electron chi connectivity index (χ1n) is 6.91. The first-order chi connectivity index (χ1) is 8.79. The van der Waals surface area contributed by atoms with Crippen LogP contribution < -0.4 is 10.5 Å². The summed E-state index contributed by atoms with van der Waals surface area (Å²) in [6, 6.07) is 10.5. The highest BCUT2D eigenvalue weighted by atomic mass is 16.5. The molecule has 1 aliphatic heterocycles. The number of ether oxygens (including phenoxy) is 1. The zero-order valence-corrected chi connectivity index (χ0v) is 11.2. The fraction of sp³-hybridized carbons (Fsp3) is 0.600. The van der Waals surface area contributed by atoms with Crippen LogP contribution in [0.25, 0.3) is 0 Å². The van der Waals surface area contributed by atoms with Gasteiger partial charge in [-0.25, -0.2) is 0 Å². The van der Waals surface area contributed by atoms with Crippen LogP contribution in [0.2, 0.25) is 0 Å². The summed E-state index contributed by atoms with van der Waals surface area (Å²) in [6.45, 7) is 5.95. The summed E-state index contributed by atoms with van der Waals surface area (Å²) in [5, 5.41) is 0. The summed E-state index contributed by atoms with van der Waals surface area (Å²) in [4.78, 5) is 2.48. The van der Waals surface area contributed by atoms with Gasteiger partial charge in [0.05, 0.1) is 0 Å². The molecule has 0 bridgehead atoms. The van der Waals surface area contributed by atoms with Crippen molar-refractivity contribution in [1.29, 1.82) is 0 Å². The molecule has 3 heteroatoms. The van der Waals surface area contributed by atoms with E-state index >= 15 is 0 Å². The molecule has 1 fully saturated rings. The van der Waals surface area contributed by atoms with Crippen LogP contribution in [0.5, 0.6) is 5.75 Å². The minimum Gasteiger partial charge on any atom is -0.492 e. The predicted octanol–water partition coefficient (Wildman–Crippen LogP) is 2.12. The van der Waals surface area contributed by atoms with E-state index in [1.165, 1.54) is 12.8 Å². The Labute approximate surface area is 110 Å². The van der Waals surface area contributed by atoms with Gasteiger partial charge in [0, 0.05) is 19.1 Å². The Bertz CT molecular complexity index is 342. The second kappa shape index (κ2) is 6.76. The zero-order chi connectivity index (χ0) is 12.8. The summed E-state index contributed by atoms with van der Waals surface area (Å²) in [5.74, 6) is 1.76. The largest absolute Gasteiger partial charge is 0.492 e. The molecule has 2 unspecified atom stereocenters. The lowest BCUT2D eigenvalue weighted by atomic mass is 9.92. The van der Waals surface area contributed by atoms with Gasteiger partial charge < -0.3 is 10.5 Å². The van der Waals surface area contributed by atoms with Gasteiger partial charge in [0.2, 0.25) is 0 Å². The van der Waals surface area contributed by atoms with E-state index in [1.54, 1.807) is 0 Å². The van der Waals surface area contributed by atoms with Crippen LogP contribution in [0.4, 0.5) is 0 Å². The molecular formula is C15H24N2O. The van der Waals surface area contributed by atoms with Crippen molar-refractivity contribution in [3.8, 4) is 5.75 Å². The molecule has 1 aromatic rings. The van der Waals surface area contributed by atoms with Crippen LogP contribution in [-0.4, -0.2) is 37.2 Å². The number of hydrogen-bond acceptors (Lipinski definition) is 3. The standard InChI is InChI=1S/C15H24N2O/c1-13-7-8-17(14(11-13)12-16)9-10-18-15-5-3-2-4-6-15/h2-6,13-14H,7-12,16H2,1H3. The van der Waals surface area contributed by atoms with Crippen molar-refractivity contribution >= 4 is 0 Å². The SMILES string of the molecule is CC1CCN(CCOc2ccccc2)C(CN)C1. The van der Waals surface area contributed by atoms with E-state index in [2.05, 4.69) is 11.8 Å². The molecule has 0 saturated carbocycles. The molecule has 0 amide bonds. The molecule has 2 N–H and O–H groups in total. The number of para-hydroxylation sites is 1. The third-order valence-corrected chi connectivity index (χ3v) is 3.76. The van der Waals surface area contributed by atoms with Crippen molar-refractivity contribution in [2.75, 3.05) is 26.2 Å². The highest BCUT2D eigenvalue weighted by Crippen LogP contribution is 2.21. The molecule has 2 atom stereocenters. The summed E-state index contributed by atoms with van der Waals surface area (Å²) < 4.78 is 5.75. The number of nitrogens with zero attached hydrogens (tertiary/aromatic N) is 1. The first-order valence-corrected chi connectivity index (χ1v) is 6.91. The van der Waals surface area contributed by atoms with Crippen molar-refractivity contribution in [3.05, 3.63) is 30.3 Å². The molecular weight excluding hydrogens is 224 g/mol. The minimum atomic E-state index is 0.535. The molecule has 1 aromatic carbocycles. The second-order valence-corrected chi connectivity index (χ2v) is 5.22. The molecule has 0 aromatic heterocycles. The van der Waals surface area contributed by atoms with Gasteiger partial charge in [-0.3, -0.25) is 4.90 Å². The van der Waals surface area contributed by atoms with Crippen molar-refractivity contribution in [1.82, 2.24) is 4.90 Å². The maximum atomic E-state index is 5.86. The molecule has 1 aliphatic rings. The van der Waals surface area contributed by atoms with Crippen molar-refractivity contribution in [2.45, 2.75) is 25.8 Å². The van der Waals surface area contributed by atoms with E-state index in [0.717, 1.165) is 37.9 Å². The number of hydrogen-bond donors (Lipinski definition) is 1. The fourth-order valence-electron chi connectivity index (χ4n) is 2.64. The molecule has 0 spiro atoms. The lowest BCUT2D eigenvalue weighted by molar-refractivity contribution is 0.103. The van der Waals surface area contributed by atoms with Gasteiger partial charge in [0.1, 0.15) is 12.4 Å². The fourth-order valence-corrected chi connectivity index (χ4v) is 2.64. The average Bonchev–Trinajstić information content (AvgIpc) is 2.41. The second-order valence-electron chi connectivity index (χ2n) is 5.22. The van der Waals surface area contributed by atoms with Crippen LogP contribution in [0, 0.1) is 5.92 Å². The zero-order valence-electron chi connectivity index (χ0n) is 11.2. The van der Waals surface area contributed by atoms with Crippen LogP contribution in [0.1, 0.15) is 19.8 Å². The lowest BCUT2D eigenvalue weighted by Gasteiger charge is -2.37. The number of nitrogens with two attached hydrogens (primary N) is 1. The third-order valence-electron chi connectivity index (χ3n) is 3.76. The van der Waals surface area contributed by atoms with E-state index in [-0.39, 0.29) is 0 Å². The van der Waals surface area contributed by atoms with E-state index < -0.39 is 0 Å². The number of piperidine rings is 1. The molecule has 3 nitrogen and oxygen atoms in total. The maximum Gasteiger partial charge on any atom is 0.119 e. The molecule has 2 rings (SSSR count). The predicted molar refractivity (Wildman–Crippen MR) is 74.8 cm³/mol. The lowest BCUT2D eigenvalue weighted by Crippen LogP contribution is -2.47. The molecule has 100 valence electrons. The van der Waals surface area contributed by atoms with Crippen molar-refractivity contribution in [3.63, 3.8) is 0 Å². The van der Waals surface area contributed by atoms with Crippen LogP contribution in [-0.2, 0) is 0 Å². The minimum absolute atomic E-state index is 0.535. The molecule has 0 radical (unpaired) electrons. The smallest absolute Gasteiger partial charge is 0.119 e. The molecule has 18 heavy (non-hydrogen) atoms. The van der Waals surface area contributed by atoms with Crippen LogP contribution in [0.15, 0.2) is 30.3 Å². The average molecular weight is 248 g/mol. The Morgan fingerprint density at radius 1 is 1.33 bits per heavy atom. The van der Waals surface area contributed by atoms with Gasteiger partial charge in [-0.2, -0.15) is 0 Å². The molecule has 1 saturated heterocycles. The monoisotopic (exact) mass is 248 g/mol. The Morgan fingerprint density at radius 2 is 2.11 bits per heavy atom. The van der Waals surface area contributed by atoms with Gasteiger partial charge in [-0.15, -0.1) is 0 Å². The summed E-state index contributed by atoms with van der Waals surface area (Å²) in [6.07, 6.45) is 2.50. The summed E-state index contributed by atoms with van der Waals surface area (Å²) in [7, 11) is 0. The third kappa shape index (κ3) is 3.72. The number of likely N-dealkylation sites (tertiary alicyclic amines) is 1. The van der Waals surface area contributed by atoms with Gasteiger partial charge in [-0.1, -0.05) is 25.1 Å². The van der Waals surface area contributed by atoms with Gasteiger partial charge in [0.25, 0.3) is 0 Å². The van der Waals surface area contributed by atoms with Gasteiger partial charge >= 0.3 is 0 Å². The maximum absolute atomic E-state index is 5.86. The van der Waals surface area contributed by atoms with E-state index in [9.17, 15) is 0 Å². The van der Waals surface area contributed by atoms with E-state index in [1.807, 2.05) is 30.3 Å². The van der Waals surface area contributed by atoms with Crippen LogP contribution >= 0.6 is 0 Å². The van der Waals surface area contributed by atoms with Crippen molar-refractivity contribution < 1.29 is 4.74 Å². The van der Waals surface area contributed by atoms with Crippen LogP contribution in [0.3, 0.4) is 0 Å². The van der Waals surface area contributed by atoms with Gasteiger partial charge in [0.15, 0.2) is 0 Å². The Balaban J connectivity index is 1.75. The Hall–Kier alpha value is -1.06. The normalized spacial score (nSPS) is 25.0. The van der Waals surface area contributed by atoms with Gasteiger partial charge in [-0.05, 0) is 37.4 Å². The highest BCUT2D eigenvalue weighted by Gasteiger charge is 2.24. The van der Waals surface area contributed by atoms with E-state index in [4.69, 9.17) is 10.5 Å².